The Bertz CT molecular complexity index is 1030. The Hall–Kier alpha value is -3.45. The average Bonchev–Trinajstić information content (AvgIpc) is 3.23. The van der Waals surface area contributed by atoms with E-state index in [-0.39, 0.29) is 18.4 Å². The molecule has 2 aromatic carbocycles. The van der Waals surface area contributed by atoms with E-state index in [0.717, 1.165) is 11.3 Å². The summed E-state index contributed by atoms with van der Waals surface area (Å²) in [5, 5.41) is 0. The number of aryl methyl sites for hydroxylation is 1. The Labute approximate surface area is 194 Å². The third-order valence-electron chi connectivity index (χ3n) is 5.45. The Morgan fingerprint density at radius 3 is 2.30 bits per heavy atom. The van der Waals surface area contributed by atoms with Gasteiger partial charge < -0.3 is 19.1 Å². The third-order valence-corrected chi connectivity index (χ3v) is 5.45. The fourth-order valence-corrected chi connectivity index (χ4v) is 3.58. The van der Waals surface area contributed by atoms with Crippen molar-refractivity contribution in [3.05, 3.63) is 95.6 Å². The first kappa shape index (κ1) is 24.2. The van der Waals surface area contributed by atoms with Gasteiger partial charge in [0.2, 0.25) is 5.91 Å². The molecule has 0 bridgehead atoms. The Balaban J connectivity index is 1.80. The van der Waals surface area contributed by atoms with Crippen molar-refractivity contribution < 1.29 is 18.7 Å². The monoisotopic (exact) mass is 451 g/mol. The highest BCUT2D eigenvalue weighted by molar-refractivity contribution is 5.96. The topological polar surface area (TPSA) is 54.8 Å². The van der Waals surface area contributed by atoms with E-state index in [0.29, 0.717) is 38.2 Å². The van der Waals surface area contributed by atoms with Gasteiger partial charge in [0, 0.05) is 51.3 Å². The van der Waals surface area contributed by atoms with Gasteiger partial charge in [-0.25, -0.2) is 4.39 Å². The van der Waals surface area contributed by atoms with Crippen LogP contribution in [0.5, 0.6) is 0 Å². The number of nitrogens with zero attached hydrogens (tertiary/aromatic N) is 3. The predicted octanol–water partition coefficient (Wildman–Crippen LogP) is 3.87. The summed E-state index contributed by atoms with van der Waals surface area (Å²) in [7, 11) is 3.54. The van der Waals surface area contributed by atoms with Crippen LogP contribution in [0.3, 0.4) is 0 Å². The van der Waals surface area contributed by atoms with Crippen LogP contribution in [0.2, 0.25) is 0 Å². The molecule has 7 heteroatoms. The first-order valence-corrected chi connectivity index (χ1v) is 10.9. The SMILES string of the molecule is COCCCN(CC(=O)N(Cc1ccccc1)Cc1cccn1C)C(=O)c1ccc(F)cc1. The lowest BCUT2D eigenvalue weighted by molar-refractivity contribution is -0.133. The summed E-state index contributed by atoms with van der Waals surface area (Å²) in [5.41, 5.74) is 2.35. The molecule has 0 spiro atoms. The fraction of sp³-hybridized carbons (Fsp3) is 0.308. The van der Waals surface area contributed by atoms with Gasteiger partial charge in [-0.1, -0.05) is 30.3 Å². The quantitative estimate of drug-likeness (QED) is 0.416. The van der Waals surface area contributed by atoms with Crippen molar-refractivity contribution in [1.29, 1.82) is 0 Å². The highest BCUT2D eigenvalue weighted by Gasteiger charge is 2.23. The number of hydrogen-bond donors (Lipinski definition) is 0. The lowest BCUT2D eigenvalue weighted by Gasteiger charge is -2.28. The van der Waals surface area contributed by atoms with Crippen molar-refractivity contribution in [2.75, 3.05) is 26.8 Å². The Morgan fingerprint density at radius 1 is 0.939 bits per heavy atom. The van der Waals surface area contributed by atoms with Gasteiger partial charge in [-0.05, 0) is 48.4 Å². The van der Waals surface area contributed by atoms with Gasteiger partial charge in [-0.3, -0.25) is 9.59 Å². The molecule has 0 fully saturated rings. The summed E-state index contributed by atoms with van der Waals surface area (Å²) in [6.07, 6.45) is 2.53. The standard InChI is InChI=1S/C26H30FN3O3/c1-28-15-6-10-24(28)19-30(18-21-8-4-3-5-9-21)25(31)20-29(16-7-17-33-2)26(32)22-11-13-23(27)14-12-22/h3-6,8-15H,7,16-20H2,1-2H3. The smallest absolute Gasteiger partial charge is 0.254 e. The van der Waals surface area contributed by atoms with Crippen molar-refractivity contribution in [1.82, 2.24) is 14.4 Å². The van der Waals surface area contributed by atoms with Crippen LogP contribution in [0, 0.1) is 5.82 Å². The number of amides is 2. The van der Waals surface area contributed by atoms with Crippen molar-refractivity contribution in [2.45, 2.75) is 19.5 Å². The zero-order valence-corrected chi connectivity index (χ0v) is 19.1. The summed E-state index contributed by atoms with van der Waals surface area (Å²) in [6, 6.07) is 19.1. The van der Waals surface area contributed by atoms with Crippen LogP contribution < -0.4 is 0 Å². The van der Waals surface area contributed by atoms with Gasteiger partial charge in [0.05, 0.1) is 6.54 Å². The van der Waals surface area contributed by atoms with Crippen molar-refractivity contribution >= 4 is 11.8 Å². The molecule has 0 unspecified atom stereocenters. The van der Waals surface area contributed by atoms with Crippen LogP contribution in [-0.2, 0) is 29.7 Å². The van der Waals surface area contributed by atoms with Crippen molar-refractivity contribution in [3.8, 4) is 0 Å². The molecule has 1 heterocycles. The number of carbonyl (C=O) groups excluding carboxylic acids is 2. The molecular formula is C26H30FN3O3. The molecule has 3 aromatic rings. The molecule has 3 rings (SSSR count). The minimum atomic E-state index is -0.412. The normalized spacial score (nSPS) is 10.8. The molecule has 174 valence electrons. The number of benzene rings is 2. The van der Waals surface area contributed by atoms with E-state index < -0.39 is 5.82 Å². The van der Waals surface area contributed by atoms with E-state index in [2.05, 4.69) is 0 Å². The average molecular weight is 452 g/mol. The van der Waals surface area contributed by atoms with Gasteiger partial charge in [-0.15, -0.1) is 0 Å². The summed E-state index contributed by atoms with van der Waals surface area (Å²) < 4.78 is 20.4. The lowest BCUT2D eigenvalue weighted by atomic mass is 10.1. The highest BCUT2D eigenvalue weighted by atomic mass is 19.1. The second kappa shape index (κ2) is 12.0. The number of hydrogen-bond acceptors (Lipinski definition) is 3. The number of aromatic nitrogens is 1. The summed E-state index contributed by atoms with van der Waals surface area (Å²) in [6.45, 7) is 1.62. The molecular weight excluding hydrogens is 421 g/mol. The van der Waals surface area contributed by atoms with Crippen molar-refractivity contribution in [3.63, 3.8) is 0 Å². The minimum absolute atomic E-state index is 0.0722. The zero-order valence-electron chi connectivity index (χ0n) is 19.1. The molecule has 0 saturated heterocycles. The molecule has 6 nitrogen and oxygen atoms in total. The molecule has 0 saturated carbocycles. The Morgan fingerprint density at radius 2 is 1.67 bits per heavy atom. The van der Waals surface area contributed by atoms with Gasteiger partial charge >= 0.3 is 0 Å². The first-order valence-electron chi connectivity index (χ1n) is 10.9. The molecule has 0 radical (unpaired) electrons. The van der Waals surface area contributed by atoms with Crippen molar-refractivity contribution in [2.24, 2.45) is 7.05 Å². The summed E-state index contributed by atoms with van der Waals surface area (Å²) in [4.78, 5) is 29.8. The zero-order chi connectivity index (χ0) is 23.6. The van der Waals surface area contributed by atoms with Gasteiger partial charge in [-0.2, -0.15) is 0 Å². The Kier molecular flexibility index (Phi) is 8.78. The first-order chi connectivity index (χ1) is 16.0. The van der Waals surface area contributed by atoms with Gasteiger partial charge in [0.1, 0.15) is 12.4 Å². The predicted molar refractivity (Wildman–Crippen MR) is 125 cm³/mol. The van der Waals surface area contributed by atoms with E-state index in [1.807, 2.05) is 60.3 Å². The molecule has 2 amide bonds. The van der Waals surface area contributed by atoms with Gasteiger partial charge in [0.15, 0.2) is 0 Å². The number of halogens is 1. The van der Waals surface area contributed by atoms with E-state index in [1.54, 1.807) is 12.0 Å². The van der Waals surface area contributed by atoms with E-state index in [9.17, 15) is 14.0 Å². The largest absolute Gasteiger partial charge is 0.385 e. The minimum Gasteiger partial charge on any atom is -0.385 e. The van der Waals surface area contributed by atoms with Crippen LogP contribution >= 0.6 is 0 Å². The summed E-state index contributed by atoms with van der Waals surface area (Å²) in [5.74, 6) is -0.879. The van der Waals surface area contributed by atoms with Crippen LogP contribution in [0.1, 0.15) is 28.0 Å². The van der Waals surface area contributed by atoms with E-state index in [4.69, 9.17) is 4.74 Å². The maximum atomic E-state index is 13.4. The maximum absolute atomic E-state index is 13.4. The number of ether oxygens (including phenoxy) is 1. The van der Waals surface area contributed by atoms with Crippen LogP contribution in [0.25, 0.3) is 0 Å². The van der Waals surface area contributed by atoms with E-state index >= 15 is 0 Å². The molecule has 0 aliphatic rings. The second-order valence-electron chi connectivity index (χ2n) is 7.93. The van der Waals surface area contributed by atoms with Crippen LogP contribution in [0.15, 0.2) is 72.9 Å². The molecule has 1 aromatic heterocycles. The summed E-state index contributed by atoms with van der Waals surface area (Å²) >= 11 is 0. The highest BCUT2D eigenvalue weighted by Crippen LogP contribution is 2.13. The molecule has 0 aliphatic carbocycles. The molecule has 0 N–H and O–H groups in total. The van der Waals surface area contributed by atoms with Gasteiger partial charge in [0.25, 0.3) is 5.91 Å². The second-order valence-corrected chi connectivity index (χ2v) is 7.93. The lowest BCUT2D eigenvalue weighted by Crippen LogP contribution is -2.43. The number of methoxy groups -OCH3 is 1. The molecule has 0 atom stereocenters. The van der Waals surface area contributed by atoms with E-state index in [1.165, 1.54) is 29.2 Å². The van der Waals surface area contributed by atoms with Crippen LogP contribution in [0.4, 0.5) is 4.39 Å². The van der Waals surface area contributed by atoms with Crippen LogP contribution in [-0.4, -0.2) is 53.0 Å². The number of carbonyl (C=O) groups is 2. The molecule has 33 heavy (non-hydrogen) atoms. The number of rotatable bonds is 11. The maximum Gasteiger partial charge on any atom is 0.254 e. The fourth-order valence-electron chi connectivity index (χ4n) is 3.58. The third kappa shape index (κ3) is 7.02. The molecule has 0 aliphatic heterocycles.